The van der Waals surface area contributed by atoms with Gasteiger partial charge in [0, 0.05) is 6.04 Å². The van der Waals surface area contributed by atoms with Crippen LogP contribution >= 0.6 is 0 Å². The Morgan fingerprint density at radius 3 is 2.06 bits per heavy atom. The summed E-state index contributed by atoms with van der Waals surface area (Å²) in [7, 11) is 0. The van der Waals surface area contributed by atoms with Crippen LogP contribution < -0.4 is 5.73 Å². The molecule has 1 saturated carbocycles. The summed E-state index contributed by atoms with van der Waals surface area (Å²) in [4.78, 5) is 0. The fourth-order valence-electron chi connectivity index (χ4n) is 2.48. The van der Waals surface area contributed by atoms with Gasteiger partial charge in [-0.25, -0.2) is 0 Å². The van der Waals surface area contributed by atoms with Gasteiger partial charge in [-0.1, -0.05) is 45.0 Å². The lowest BCUT2D eigenvalue weighted by Crippen LogP contribution is -2.29. The highest BCUT2D eigenvalue weighted by Crippen LogP contribution is 2.50. The molecule has 2 N–H and O–H groups in total. The summed E-state index contributed by atoms with van der Waals surface area (Å²) in [6.07, 6.45) is 3.74. The van der Waals surface area contributed by atoms with Crippen molar-refractivity contribution in [3.05, 3.63) is 35.4 Å². The average Bonchev–Trinajstić information content (AvgIpc) is 2.98. The summed E-state index contributed by atoms with van der Waals surface area (Å²) >= 11 is 0. The number of hydrogen-bond acceptors (Lipinski definition) is 1. The molecular weight excluding hydrogens is 206 g/mol. The molecule has 0 radical (unpaired) electrons. The molecule has 1 unspecified atom stereocenters. The van der Waals surface area contributed by atoms with E-state index < -0.39 is 0 Å². The van der Waals surface area contributed by atoms with Crippen molar-refractivity contribution in [2.45, 2.75) is 58.4 Å². The van der Waals surface area contributed by atoms with Crippen LogP contribution in [0.4, 0.5) is 0 Å². The van der Waals surface area contributed by atoms with Gasteiger partial charge in [0.15, 0.2) is 0 Å². The van der Waals surface area contributed by atoms with E-state index in [-0.39, 0.29) is 5.41 Å². The zero-order valence-corrected chi connectivity index (χ0v) is 11.6. The molecule has 1 nitrogen and oxygen atoms in total. The predicted molar refractivity (Wildman–Crippen MR) is 74.2 cm³/mol. The minimum Gasteiger partial charge on any atom is -0.327 e. The quantitative estimate of drug-likeness (QED) is 0.844. The van der Waals surface area contributed by atoms with Crippen LogP contribution in [0.1, 0.15) is 51.7 Å². The van der Waals surface area contributed by atoms with Gasteiger partial charge in [0.05, 0.1) is 0 Å². The van der Waals surface area contributed by atoms with Crippen molar-refractivity contribution < 1.29 is 0 Å². The molecule has 0 spiro atoms. The molecule has 1 fully saturated rings. The van der Waals surface area contributed by atoms with Gasteiger partial charge in [0.1, 0.15) is 0 Å². The molecule has 17 heavy (non-hydrogen) atoms. The van der Waals surface area contributed by atoms with Crippen molar-refractivity contribution in [1.82, 2.24) is 0 Å². The summed E-state index contributed by atoms with van der Waals surface area (Å²) in [5, 5.41) is 0. The molecule has 1 aliphatic carbocycles. The zero-order valence-electron chi connectivity index (χ0n) is 11.6. The van der Waals surface area contributed by atoms with Crippen LogP contribution in [0, 0.1) is 5.41 Å². The second-order valence-electron chi connectivity index (χ2n) is 6.77. The fraction of sp³-hybridized carbons (Fsp3) is 0.625. The van der Waals surface area contributed by atoms with Crippen LogP contribution in [0.25, 0.3) is 0 Å². The van der Waals surface area contributed by atoms with Crippen LogP contribution in [0.2, 0.25) is 0 Å². The van der Waals surface area contributed by atoms with Crippen molar-refractivity contribution in [1.29, 1.82) is 0 Å². The molecule has 0 saturated heterocycles. The van der Waals surface area contributed by atoms with Crippen molar-refractivity contribution in [3.8, 4) is 0 Å². The zero-order chi connectivity index (χ0) is 12.7. The Morgan fingerprint density at radius 1 is 1.18 bits per heavy atom. The van der Waals surface area contributed by atoms with E-state index in [0.717, 1.165) is 6.42 Å². The first-order valence-electron chi connectivity index (χ1n) is 6.68. The summed E-state index contributed by atoms with van der Waals surface area (Å²) in [5.41, 5.74) is 9.58. The standard InChI is InChI=1S/C16H25N/c1-12(17)16(9-10-16)11-13-5-7-14(8-6-13)15(2,3)4/h5-8,12H,9-11,17H2,1-4H3. The summed E-state index contributed by atoms with van der Waals surface area (Å²) in [5.74, 6) is 0. The van der Waals surface area contributed by atoms with Crippen LogP contribution in [-0.2, 0) is 11.8 Å². The van der Waals surface area contributed by atoms with Crippen molar-refractivity contribution in [2.24, 2.45) is 11.1 Å². The topological polar surface area (TPSA) is 26.0 Å². The van der Waals surface area contributed by atoms with E-state index in [0.29, 0.717) is 11.5 Å². The van der Waals surface area contributed by atoms with Crippen molar-refractivity contribution >= 4 is 0 Å². The van der Waals surface area contributed by atoms with Gasteiger partial charge in [-0.05, 0) is 48.1 Å². The van der Waals surface area contributed by atoms with Gasteiger partial charge < -0.3 is 5.73 Å². The molecule has 0 aliphatic heterocycles. The van der Waals surface area contributed by atoms with E-state index in [1.165, 1.54) is 24.0 Å². The Balaban J connectivity index is 2.09. The predicted octanol–water partition coefficient (Wildman–Crippen LogP) is 3.65. The first kappa shape index (κ1) is 12.6. The van der Waals surface area contributed by atoms with Crippen LogP contribution in [0.15, 0.2) is 24.3 Å². The third-order valence-electron chi connectivity index (χ3n) is 4.23. The maximum Gasteiger partial charge on any atom is 0.00702 e. The van der Waals surface area contributed by atoms with E-state index in [1.54, 1.807) is 0 Å². The van der Waals surface area contributed by atoms with Crippen LogP contribution in [0.5, 0.6) is 0 Å². The first-order valence-corrected chi connectivity index (χ1v) is 6.68. The van der Waals surface area contributed by atoms with E-state index in [1.807, 2.05) is 0 Å². The van der Waals surface area contributed by atoms with Crippen molar-refractivity contribution in [3.63, 3.8) is 0 Å². The van der Waals surface area contributed by atoms with Crippen LogP contribution in [-0.4, -0.2) is 6.04 Å². The summed E-state index contributed by atoms with van der Waals surface area (Å²) in [6, 6.07) is 9.43. The van der Waals surface area contributed by atoms with Gasteiger partial charge in [0.25, 0.3) is 0 Å². The minimum atomic E-state index is 0.247. The number of hydrogen-bond donors (Lipinski definition) is 1. The van der Waals surface area contributed by atoms with Gasteiger partial charge in [-0.2, -0.15) is 0 Å². The highest BCUT2D eigenvalue weighted by Gasteiger charge is 2.45. The highest BCUT2D eigenvalue weighted by atomic mass is 14.7. The summed E-state index contributed by atoms with van der Waals surface area (Å²) in [6.45, 7) is 8.92. The number of benzene rings is 1. The van der Waals surface area contributed by atoms with Gasteiger partial charge in [-0.3, -0.25) is 0 Å². The maximum absolute atomic E-state index is 6.08. The van der Waals surface area contributed by atoms with Gasteiger partial charge >= 0.3 is 0 Å². The molecule has 2 rings (SSSR count). The molecule has 0 bridgehead atoms. The van der Waals surface area contributed by atoms with Crippen LogP contribution in [0.3, 0.4) is 0 Å². The molecule has 1 aromatic rings. The lowest BCUT2D eigenvalue weighted by Gasteiger charge is -2.22. The lowest BCUT2D eigenvalue weighted by atomic mass is 9.85. The Bertz CT molecular complexity index is 377. The number of rotatable bonds is 3. The summed E-state index contributed by atoms with van der Waals surface area (Å²) < 4.78 is 0. The van der Waals surface area contributed by atoms with Gasteiger partial charge in [0.2, 0.25) is 0 Å². The minimum absolute atomic E-state index is 0.247. The van der Waals surface area contributed by atoms with E-state index >= 15 is 0 Å². The number of nitrogens with two attached hydrogens (primary N) is 1. The van der Waals surface area contributed by atoms with E-state index in [2.05, 4.69) is 52.0 Å². The molecule has 94 valence electrons. The Morgan fingerprint density at radius 2 is 1.71 bits per heavy atom. The molecular formula is C16H25N. The third kappa shape index (κ3) is 2.71. The molecule has 1 aliphatic rings. The average molecular weight is 231 g/mol. The second-order valence-corrected chi connectivity index (χ2v) is 6.77. The highest BCUT2D eigenvalue weighted by molar-refractivity contribution is 5.29. The van der Waals surface area contributed by atoms with E-state index in [9.17, 15) is 0 Å². The van der Waals surface area contributed by atoms with E-state index in [4.69, 9.17) is 5.73 Å². The largest absolute Gasteiger partial charge is 0.327 e. The smallest absolute Gasteiger partial charge is 0.00702 e. The van der Waals surface area contributed by atoms with Crippen molar-refractivity contribution in [2.75, 3.05) is 0 Å². The third-order valence-corrected chi connectivity index (χ3v) is 4.23. The Hall–Kier alpha value is -0.820. The molecule has 1 aromatic carbocycles. The first-order chi connectivity index (χ1) is 7.83. The monoisotopic (exact) mass is 231 g/mol. The molecule has 1 heteroatoms. The Labute approximate surface area is 105 Å². The second kappa shape index (κ2) is 4.13. The van der Waals surface area contributed by atoms with Gasteiger partial charge in [-0.15, -0.1) is 0 Å². The lowest BCUT2D eigenvalue weighted by molar-refractivity contribution is 0.418. The molecule has 0 heterocycles. The normalized spacial score (nSPS) is 20.1. The molecule has 1 atom stereocenters. The molecule has 0 aromatic heterocycles. The fourth-order valence-corrected chi connectivity index (χ4v) is 2.48. The molecule has 0 amide bonds. The SMILES string of the molecule is CC(N)C1(Cc2ccc(C(C)(C)C)cc2)CC1. The maximum atomic E-state index is 6.08. The Kier molecular flexibility index (Phi) is 3.07.